The zero-order chi connectivity index (χ0) is 11.2. The van der Waals surface area contributed by atoms with Crippen molar-refractivity contribution >= 4 is 5.97 Å². The van der Waals surface area contributed by atoms with E-state index in [1.165, 1.54) is 19.8 Å². The molecular formula is C13H22O2. The third-order valence-electron chi connectivity index (χ3n) is 3.96. The summed E-state index contributed by atoms with van der Waals surface area (Å²) in [4.78, 5) is 11.1. The Bertz CT molecular complexity index is 272. The molecule has 0 radical (unpaired) electrons. The third-order valence-corrected chi connectivity index (χ3v) is 3.96. The molecule has 2 nitrogen and oxygen atoms in total. The monoisotopic (exact) mass is 210 g/mol. The Morgan fingerprint density at radius 3 is 2.53 bits per heavy atom. The van der Waals surface area contributed by atoms with Gasteiger partial charge in [-0.05, 0) is 31.1 Å². The first kappa shape index (κ1) is 11.0. The molecule has 0 aromatic heterocycles. The highest BCUT2D eigenvalue weighted by Gasteiger charge is 2.66. The van der Waals surface area contributed by atoms with Gasteiger partial charge in [0.15, 0.2) is 0 Å². The van der Waals surface area contributed by atoms with Gasteiger partial charge in [-0.25, -0.2) is 0 Å². The molecule has 0 amide bonds. The van der Waals surface area contributed by atoms with Crippen molar-refractivity contribution < 1.29 is 9.53 Å². The first-order valence-corrected chi connectivity index (χ1v) is 6.15. The van der Waals surface area contributed by atoms with Gasteiger partial charge in [0.25, 0.3) is 0 Å². The summed E-state index contributed by atoms with van der Waals surface area (Å²) in [6.07, 6.45) is 3.65. The van der Waals surface area contributed by atoms with E-state index in [0.717, 1.165) is 18.3 Å². The number of hydrogen-bond acceptors (Lipinski definition) is 2. The highest BCUT2D eigenvalue weighted by atomic mass is 16.6. The van der Waals surface area contributed by atoms with Crippen LogP contribution in [0, 0.1) is 23.7 Å². The Labute approximate surface area is 92.4 Å². The molecule has 0 aromatic rings. The zero-order valence-corrected chi connectivity index (χ0v) is 10.2. The Hall–Kier alpha value is -0.530. The minimum absolute atomic E-state index is 0.0502. The Kier molecular flexibility index (Phi) is 2.56. The van der Waals surface area contributed by atoms with Crippen molar-refractivity contribution in [1.82, 2.24) is 0 Å². The fraction of sp³-hybridized carbons (Fsp3) is 0.923. The van der Waals surface area contributed by atoms with Crippen molar-refractivity contribution in [3.8, 4) is 0 Å². The van der Waals surface area contributed by atoms with Gasteiger partial charge < -0.3 is 4.74 Å². The molecule has 0 spiro atoms. The minimum atomic E-state index is -0.102. The first-order chi connectivity index (χ1) is 6.95. The molecule has 86 valence electrons. The molecule has 2 aliphatic carbocycles. The summed E-state index contributed by atoms with van der Waals surface area (Å²) in [6.45, 7) is 8.27. The van der Waals surface area contributed by atoms with Crippen LogP contribution >= 0.6 is 0 Å². The lowest BCUT2D eigenvalue weighted by Gasteiger charge is -2.17. The summed E-state index contributed by atoms with van der Waals surface area (Å²) in [7, 11) is 0. The lowest BCUT2D eigenvalue weighted by molar-refractivity contribution is -0.151. The molecule has 0 saturated heterocycles. The fourth-order valence-electron chi connectivity index (χ4n) is 3.13. The van der Waals surface area contributed by atoms with Crippen LogP contribution in [0.5, 0.6) is 0 Å². The molecule has 0 N–H and O–H groups in total. The molecule has 0 bridgehead atoms. The van der Waals surface area contributed by atoms with Gasteiger partial charge in [-0.3, -0.25) is 4.79 Å². The van der Waals surface area contributed by atoms with Crippen molar-refractivity contribution in [3.63, 3.8) is 0 Å². The molecule has 2 heteroatoms. The molecule has 0 heterocycles. The van der Waals surface area contributed by atoms with Gasteiger partial charge in [-0.15, -0.1) is 0 Å². The number of ether oxygens (including phenoxy) is 1. The van der Waals surface area contributed by atoms with Gasteiger partial charge in [0.1, 0.15) is 5.60 Å². The van der Waals surface area contributed by atoms with Crippen molar-refractivity contribution in [3.05, 3.63) is 0 Å². The standard InChI is InChI=1S/C13H22O2/c1-8(2)5-11-6-12(11)13(7-9(13)3)15-10(4)14/h8-9,11-12H,5-7H2,1-4H3. The third kappa shape index (κ3) is 2.04. The van der Waals surface area contributed by atoms with Gasteiger partial charge in [-0.1, -0.05) is 20.8 Å². The van der Waals surface area contributed by atoms with Crippen LogP contribution in [0.25, 0.3) is 0 Å². The quantitative estimate of drug-likeness (QED) is 0.667. The van der Waals surface area contributed by atoms with E-state index < -0.39 is 0 Å². The number of carbonyl (C=O) groups is 1. The lowest BCUT2D eigenvalue weighted by atomic mass is 10.0. The SMILES string of the molecule is CC(=O)OC1(C2CC2CC(C)C)CC1C. The zero-order valence-electron chi connectivity index (χ0n) is 10.2. The van der Waals surface area contributed by atoms with Crippen molar-refractivity contribution in [2.75, 3.05) is 0 Å². The van der Waals surface area contributed by atoms with Gasteiger partial charge in [0, 0.05) is 18.8 Å². The van der Waals surface area contributed by atoms with E-state index in [-0.39, 0.29) is 11.6 Å². The molecular weight excluding hydrogens is 188 g/mol. The average Bonchev–Trinajstić information content (AvgIpc) is 2.90. The summed E-state index contributed by atoms with van der Waals surface area (Å²) in [5, 5.41) is 0. The number of hydrogen-bond donors (Lipinski definition) is 0. The predicted molar refractivity (Wildman–Crippen MR) is 59.3 cm³/mol. The van der Waals surface area contributed by atoms with Crippen LogP contribution in [0.1, 0.15) is 47.0 Å². The largest absolute Gasteiger partial charge is 0.459 e. The van der Waals surface area contributed by atoms with Gasteiger partial charge in [0.05, 0.1) is 0 Å². The highest BCUT2D eigenvalue weighted by Crippen LogP contribution is 2.64. The smallest absolute Gasteiger partial charge is 0.303 e. The molecule has 2 rings (SSSR count). The van der Waals surface area contributed by atoms with Gasteiger partial charge in [0.2, 0.25) is 0 Å². The number of carbonyl (C=O) groups excluding carboxylic acids is 1. The molecule has 4 unspecified atom stereocenters. The van der Waals surface area contributed by atoms with Crippen molar-refractivity contribution in [1.29, 1.82) is 0 Å². The molecule has 0 aliphatic heterocycles. The molecule has 2 saturated carbocycles. The van der Waals surface area contributed by atoms with Crippen LogP contribution in [-0.2, 0) is 9.53 Å². The van der Waals surface area contributed by atoms with E-state index >= 15 is 0 Å². The summed E-state index contributed by atoms with van der Waals surface area (Å²) in [5.74, 6) is 2.73. The maximum absolute atomic E-state index is 11.1. The topological polar surface area (TPSA) is 26.3 Å². The second kappa shape index (κ2) is 3.50. The molecule has 4 atom stereocenters. The number of esters is 1. The van der Waals surface area contributed by atoms with Gasteiger partial charge >= 0.3 is 5.97 Å². The molecule has 0 aromatic carbocycles. The maximum atomic E-state index is 11.1. The maximum Gasteiger partial charge on any atom is 0.303 e. The summed E-state index contributed by atoms with van der Waals surface area (Å²) < 4.78 is 5.56. The Morgan fingerprint density at radius 1 is 1.53 bits per heavy atom. The Morgan fingerprint density at radius 2 is 2.13 bits per heavy atom. The predicted octanol–water partition coefficient (Wildman–Crippen LogP) is 3.01. The van der Waals surface area contributed by atoms with E-state index in [1.54, 1.807) is 0 Å². The molecule has 2 aliphatic rings. The lowest BCUT2D eigenvalue weighted by Crippen LogP contribution is -2.23. The van der Waals surface area contributed by atoms with Crippen LogP contribution in [0.15, 0.2) is 0 Å². The minimum Gasteiger partial charge on any atom is -0.459 e. The normalized spacial score (nSPS) is 42.9. The van der Waals surface area contributed by atoms with E-state index in [4.69, 9.17) is 4.74 Å². The highest BCUT2D eigenvalue weighted by molar-refractivity contribution is 5.67. The second-order valence-corrected chi connectivity index (χ2v) is 5.89. The van der Waals surface area contributed by atoms with Crippen molar-refractivity contribution in [2.45, 2.75) is 52.6 Å². The van der Waals surface area contributed by atoms with Crippen LogP contribution in [0.3, 0.4) is 0 Å². The van der Waals surface area contributed by atoms with Crippen molar-refractivity contribution in [2.24, 2.45) is 23.7 Å². The summed E-state index contributed by atoms with van der Waals surface area (Å²) >= 11 is 0. The van der Waals surface area contributed by atoms with E-state index in [1.807, 2.05) is 0 Å². The average molecular weight is 210 g/mol. The molecule has 2 fully saturated rings. The molecule has 15 heavy (non-hydrogen) atoms. The van der Waals surface area contributed by atoms with Crippen LogP contribution in [0.2, 0.25) is 0 Å². The first-order valence-electron chi connectivity index (χ1n) is 6.15. The second-order valence-electron chi connectivity index (χ2n) is 5.89. The summed E-state index contributed by atoms with van der Waals surface area (Å²) in [6, 6.07) is 0. The van der Waals surface area contributed by atoms with E-state index in [2.05, 4.69) is 20.8 Å². The number of rotatable bonds is 4. The van der Waals surface area contributed by atoms with Crippen LogP contribution < -0.4 is 0 Å². The Balaban J connectivity index is 1.91. The van der Waals surface area contributed by atoms with E-state index in [0.29, 0.717) is 11.8 Å². The van der Waals surface area contributed by atoms with E-state index in [9.17, 15) is 4.79 Å². The fourth-order valence-corrected chi connectivity index (χ4v) is 3.13. The van der Waals surface area contributed by atoms with Crippen LogP contribution in [-0.4, -0.2) is 11.6 Å². The summed E-state index contributed by atoms with van der Waals surface area (Å²) in [5.41, 5.74) is -0.0502. The van der Waals surface area contributed by atoms with Gasteiger partial charge in [-0.2, -0.15) is 0 Å². The van der Waals surface area contributed by atoms with Crippen LogP contribution in [0.4, 0.5) is 0 Å².